The third-order valence-electron chi connectivity index (χ3n) is 3.11. The van der Waals surface area contributed by atoms with Gasteiger partial charge in [0.25, 0.3) is 0 Å². The molecular formula is C12H11BrS2. The molecule has 1 aliphatic carbocycles. The van der Waals surface area contributed by atoms with Gasteiger partial charge < -0.3 is 0 Å². The molecule has 78 valence electrons. The van der Waals surface area contributed by atoms with Crippen LogP contribution < -0.4 is 0 Å². The van der Waals surface area contributed by atoms with Gasteiger partial charge in [0.15, 0.2) is 0 Å². The molecule has 2 aromatic rings. The normalized spacial score (nSPS) is 16.5. The molecule has 3 heteroatoms. The van der Waals surface area contributed by atoms with Crippen molar-refractivity contribution in [3.05, 3.63) is 31.9 Å². The maximum Gasteiger partial charge on any atom is 0.0708 e. The lowest BCUT2D eigenvalue weighted by Gasteiger charge is -2.18. The van der Waals surface area contributed by atoms with Gasteiger partial charge in [0.2, 0.25) is 0 Å². The van der Waals surface area contributed by atoms with E-state index >= 15 is 0 Å². The lowest BCUT2D eigenvalue weighted by molar-refractivity contribution is 0.662. The van der Waals surface area contributed by atoms with Crippen LogP contribution in [0, 0.1) is 6.92 Å². The van der Waals surface area contributed by atoms with Crippen molar-refractivity contribution in [3.63, 3.8) is 0 Å². The van der Waals surface area contributed by atoms with Crippen molar-refractivity contribution in [2.24, 2.45) is 0 Å². The molecule has 0 radical (unpaired) electrons. The van der Waals surface area contributed by atoms with Gasteiger partial charge in [-0.2, -0.15) is 0 Å². The number of aryl methyl sites for hydroxylation is 1. The zero-order chi connectivity index (χ0) is 10.8. The van der Waals surface area contributed by atoms with Crippen LogP contribution in [0.4, 0.5) is 0 Å². The second-order valence-corrected chi connectivity index (χ2v) is 8.21. The van der Waals surface area contributed by atoms with E-state index in [2.05, 4.69) is 48.8 Å². The lowest BCUT2D eigenvalue weighted by atomic mass is 9.84. The Bertz CT molecular complexity index is 498. The van der Waals surface area contributed by atoms with Gasteiger partial charge in [-0.25, -0.2) is 0 Å². The van der Waals surface area contributed by atoms with E-state index < -0.39 is 0 Å². The van der Waals surface area contributed by atoms with E-state index in [1.54, 1.807) is 0 Å². The fraction of sp³-hybridized carbons (Fsp3) is 0.333. The predicted octanol–water partition coefficient (Wildman–Crippen LogP) is 5.19. The van der Waals surface area contributed by atoms with E-state index in [1.165, 1.54) is 29.5 Å². The summed E-state index contributed by atoms with van der Waals surface area (Å²) in [7, 11) is 0. The van der Waals surface area contributed by atoms with Crippen LogP contribution in [0.3, 0.4) is 0 Å². The van der Waals surface area contributed by atoms with Crippen LogP contribution in [-0.2, 0) is 5.41 Å². The minimum absolute atomic E-state index is 0.192. The average molecular weight is 299 g/mol. The Balaban J connectivity index is 2.38. The second kappa shape index (κ2) is 2.96. The summed E-state index contributed by atoms with van der Waals surface area (Å²) in [5.41, 5.74) is 3.19. The molecule has 0 fully saturated rings. The Labute approximate surface area is 106 Å². The fourth-order valence-electron chi connectivity index (χ4n) is 2.29. The van der Waals surface area contributed by atoms with Crippen LogP contribution >= 0.6 is 38.6 Å². The molecule has 0 amide bonds. The number of fused-ring (bicyclic) bond motifs is 3. The molecule has 3 rings (SSSR count). The molecule has 0 saturated carbocycles. The summed E-state index contributed by atoms with van der Waals surface area (Å²) in [6.07, 6.45) is 0. The molecular weight excluding hydrogens is 288 g/mol. The first-order chi connectivity index (χ1) is 7.00. The zero-order valence-corrected chi connectivity index (χ0v) is 12.1. The third kappa shape index (κ3) is 1.23. The number of rotatable bonds is 0. The number of halogens is 1. The second-order valence-electron chi connectivity index (χ2n) is 4.52. The highest BCUT2D eigenvalue weighted by molar-refractivity contribution is 9.11. The first-order valence-corrected chi connectivity index (χ1v) is 7.34. The molecule has 0 nitrogen and oxygen atoms in total. The summed E-state index contributed by atoms with van der Waals surface area (Å²) >= 11 is 7.38. The van der Waals surface area contributed by atoms with Gasteiger partial charge in [0.1, 0.15) is 0 Å². The average Bonchev–Trinajstić information content (AvgIpc) is 2.72. The molecule has 0 aromatic carbocycles. The Hall–Kier alpha value is -0.120. The Morgan fingerprint density at radius 2 is 1.67 bits per heavy atom. The summed E-state index contributed by atoms with van der Waals surface area (Å²) in [5, 5.41) is 0. The monoisotopic (exact) mass is 298 g/mol. The standard InChI is InChI=1S/C12H11BrS2/c1-6-4-7-10(14-6)11-8(12(7,2)3)5-9(13)15-11/h4-5H,1-3H3. The number of thiophene rings is 2. The van der Waals surface area contributed by atoms with Gasteiger partial charge in [-0.1, -0.05) is 13.8 Å². The molecule has 0 unspecified atom stereocenters. The third-order valence-corrected chi connectivity index (χ3v) is 5.96. The van der Waals surface area contributed by atoms with Crippen LogP contribution in [0.2, 0.25) is 0 Å². The summed E-state index contributed by atoms with van der Waals surface area (Å²) in [6.45, 7) is 6.84. The van der Waals surface area contributed by atoms with Gasteiger partial charge in [-0.15, -0.1) is 22.7 Å². The Morgan fingerprint density at radius 1 is 1.07 bits per heavy atom. The Morgan fingerprint density at radius 3 is 2.40 bits per heavy atom. The van der Waals surface area contributed by atoms with E-state index in [-0.39, 0.29) is 5.41 Å². The van der Waals surface area contributed by atoms with E-state index in [4.69, 9.17) is 0 Å². The molecule has 15 heavy (non-hydrogen) atoms. The van der Waals surface area contributed by atoms with Crippen LogP contribution in [0.5, 0.6) is 0 Å². The predicted molar refractivity (Wildman–Crippen MR) is 72.2 cm³/mol. The molecule has 1 aliphatic rings. The highest BCUT2D eigenvalue weighted by Crippen LogP contribution is 2.55. The summed E-state index contributed by atoms with van der Waals surface area (Å²) in [4.78, 5) is 4.38. The van der Waals surface area contributed by atoms with Crippen molar-refractivity contribution in [3.8, 4) is 9.75 Å². The maximum absolute atomic E-state index is 3.59. The minimum Gasteiger partial charge on any atom is -0.139 e. The molecule has 0 spiro atoms. The molecule has 0 bridgehead atoms. The molecule has 2 heterocycles. The van der Waals surface area contributed by atoms with Gasteiger partial charge in [0, 0.05) is 20.0 Å². The maximum atomic E-state index is 3.59. The topological polar surface area (TPSA) is 0 Å². The van der Waals surface area contributed by atoms with E-state index in [0.29, 0.717) is 0 Å². The van der Waals surface area contributed by atoms with Crippen molar-refractivity contribution in [1.29, 1.82) is 0 Å². The highest BCUT2D eigenvalue weighted by atomic mass is 79.9. The van der Waals surface area contributed by atoms with Gasteiger partial charge in [-0.05, 0) is 46.1 Å². The minimum atomic E-state index is 0.192. The first kappa shape index (κ1) is 10.1. The van der Waals surface area contributed by atoms with Crippen molar-refractivity contribution in [2.75, 3.05) is 0 Å². The quantitative estimate of drug-likeness (QED) is 0.628. The molecule has 0 saturated heterocycles. The van der Waals surface area contributed by atoms with Crippen LogP contribution in [-0.4, -0.2) is 0 Å². The summed E-state index contributed by atoms with van der Waals surface area (Å²) < 4.78 is 1.25. The van der Waals surface area contributed by atoms with Crippen molar-refractivity contribution in [2.45, 2.75) is 26.2 Å². The number of hydrogen-bond donors (Lipinski definition) is 0. The highest BCUT2D eigenvalue weighted by Gasteiger charge is 2.38. The summed E-state index contributed by atoms with van der Waals surface area (Å²) in [6, 6.07) is 4.63. The molecule has 0 aliphatic heterocycles. The SMILES string of the molecule is Cc1cc2c(s1)-c1sc(Br)cc1C2(C)C. The van der Waals surface area contributed by atoms with Gasteiger partial charge >= 0.3 is 0 Å². The van der Waals surface area contributed by atoms with E-state index in [0.717, 1.165) is 0 Å². The molecule has 2 aromatic heterocycles. The number of hydrogen-bond acceptors (Lipinski definition) is 2. The van der Waals surface area contributed by atoms with Gasteiger partial charge in [0.05, 0.1) is 3.79 Å². The van der Waals surface area contributed by atoms with E-state index in [1.807, 2.05) is 22.7 Å². The summed E-state index contributed by atoms with van der Waals surface area (Å²) in [5.74, 6) is 0. The fourth-order valence-corrected chi connectivity index (χ4v) is 5.37. The zero-order valence-electron chi connectivity index (χ0n) is 8.85. The molecule has 0 atom stereocenters. The Kier molecular flexibility index (Phi) is 1.99. The smallest absolute Gasteiger partial charge is 0.0708 e. The van der Waals surface area contributed by atoms with Crippen molar-refractivity contribution >= 4 is 38.6 Å². The van der Waals surface area contributed by atoms with Crippen LogP contribution in [0.25, 0.3) is 9.75 Å². The van der Waals surface area contributed by atoms with Crippen LogP contribution in [0.1, 0.15) is 29.9 Å². The van der Waals surface area contributed by atoms with Crippen molar-refractivity contribution in [1.82, 2.24) is 0 Å². The lowest BCUT2D eigenvalue weighted by Crippen LogP contribution is -2.13. The van der Waals surface area contributed by atoms with Gasteiger partial charge in [-0.3, -0.25) is 0 Å². The van der Waals surface area contributed by atoms with Crippen LogP contribution in [0.15, 0.2) is 15.9 Å². The first-order valence-electron chi connectivity index (χ1n) is 4.91. The van der Waals surface area contributed by atoms with E-state index in [9.17, 15) is 0 Å². The largest absolute Gasteiger partial charge is 0.139 e. The molecule has 0 N–H and O–H groups in total. The van der Waals surface area contributed by atoms with Crippen molar-refractivity contribution < 1.29 is 0 Å².